The highest BCUT2D eigenvalue weighted by atomic mass is 32.1. The first-order valence-electron chi connectivity index (χ1n) is 5.38. The number of nitrogens with zero attached hydrogens (tertiary/aromatic N) is 1. The average Bonchev–Trinajstić information content (AvgIpc) is 2.65. The maximum Gasteiger partial charge on any atom is 0.345 e. The van der Waals surface area contributed by atoms with Gasteiger partial charge < -0.3 is 14.7 Å². The second-order valence-corrected chi connectivity index (χ2v) is 4.81. The number of ether oxygens (including phenoxy) is 1. The zero-order valence-electron chi connectivity index (χ0n) is 9.22. The third-order valence-corrected chi connectivity index (χ3v) is 3.60. The summed E-state index contributed by atoms with van der Waals surface area (Å²) >= 11 is 1.02. The number of carbonyl (C=O) groups excluding carboxylic acids is 1. The third-order valence-electron chi connectivity index (χ3n) is 2.54. The van der Waals surface area contributed by atoms with Crippen LogP contribution in [0.4, 0.5) is 0 Å². The quantitative estimate of drug-likeness (QED) is 0.865. The first-order chi connectivity index (χ1) is 8.18. The van der Waals surface area contributed by atoms with Crippen LogP contribution in [0.2, 0.25) is 0 Å². The first kappa shape index (κ1) is 12.1. The molecule has 0 aliphatic carbocycles. The maximum absolute atomic E-state index is 12.1. The predicted molar refractivity (Wildman–Crippen MR) is 62.6 cm³/mol. The molecule has 2 heterocycles. The summed E-state index contributed by atoms with van der Waals surface area (Å²) in [6.45, 7) is 2.45. The van der Waals surface area contributed by atoms with Crippen LogP contribution in [-0.2, 0) is 4.74 Å². The normalized spacial score (nSPS) is 16.6. The molecule has 1 aliphatic heterocycles. The fraction of sp³-hybridized carbons (Fsp3) is 0.455. The molecule has 1 fully saturated rings. The summed E-state index contributed by atoms with van der Waals surface area (Å²) < 4.78 is 5.27. The van der Waals surface area contributed by atoms with Crippen molar-refractivity contribution in [1.29, 1.82) is 0 Å². The van der Waals surface area contributed by atoms with E-state index in [2.05, 4.69) is 0 Å². The molecule has 1 aromatic rings. The van der Waals surface area contributed by atoms with E-state index in [0.29, 0.717) is 31.2 Å². The van der Waals surface area contributed by atoms with Gasteiger partial charge in [-0.25, -0.2) is 4.79 Å². The van der Waals surface area contributed by atoms with Crippen molar-refractivity contribution in [2.45, 2.75) is 6.42 Å². The molecule has 0 radical (unpaired) electrons. The van der Waals surface area contributed by atoms with Gasteiger partial charge in [0.1, 0.15) is 4.88 Å². The Morgan fingerprint density at radius 1 is 1.24 bits per heavy atom. The second kappa shape index (κ2) is 5.29. The molecular weight excluding hydrogens is 242 g/mol. The SMILES string of the molecule is O=C(O)c1ccc(C(=O)N2CCCOCC2)s1. The van der Waals surface area contributed by atoms with Crippen molar-refractivity contribution >= 4 is 23.2 Å². The topological polar surface area (TPSA) is 66.8 Å². The first-order valence-corrected chi connectivity index (χ1v) is 6.20. The Kier molecular flexibility index (Phi) is 3.75. The van der Waals surface area contributed by atoms with Gasteiger partial charge in [-0.1, -0.05) is 0 Å². The van der Waals surface area contributed by atoms with Crippen LogP contribution in [0.1, 0.15) is 25.8 Å². The van der Waals surface area contributed by atoms with Gasteiger partial charge in [-0.3, -0.25) is 4.79 Å². The van der Waals surface area contributed by atoms with Gasteiger partial charge in [-0.05, 0) is 18.6 Å². The molecule has 1 saturated heterocycles. The molecule has 0 spiro atoms. The van der Waals surface area contributed by atoms with Crippen LogP contribution in [0.5, 0.6) is 0 Å². The molecule has 1 aliphatic rings. The van der Waals surface area contributed by atoms with Crippen LogP contribution >= 0.6 is 11.3 Å². The van der Waals surface area contributed by atoms with E-state index in [-0.39, 0.29) is 10.8 Å². The minimum absolute atomic E-state index is 0.104. The molecule has 0 bridgehead atoms. The summed E-state index contributed by atoms with van der Waals surface area (Å²) in [7, 11) is 0. The summed E-state index contributed by atoms with van der Waals surface area (Å²) in [5.41, 5.74) is 0. The lowest BCUT2D eigenvalue weighted by Crippen LogP contribution is -2.32. The largest absolute Gasteiger partial charge is 0.477 e. The van der Waals surface area contributed by atoms with Crippen molar-refractivity contribution in [2.75, 3.05) is 26.3 Å². The molecule has 17 heavy (non-hydrogen) atoms. The number of hydrogen-bond acceptors (Lipinski definition) is 4. The summed E-state index contributed by atoms with van der Waals surface area (Å²) in [4.78, 5) is 25.2. The molecule has 1 amide bonds. The lowest BCUT2D eigenvalue weighted by Gasteiger charge is -2.18. The number of carbonyl (C=O) groups is 2. The molecule has 5 nitrogen and oxygen atoms in total. The van der Waals surface area contributed by atoms with Gasteiger partial charge in [0.25, 0.3) is 5.91 Å². The Labute approximate surface area is 103 Å². The molecule has 0 unspecified atom stereocenters. The zero-order valence-corrected chi connectivity index (χ0v) is 10.0. The highest BCUT2D eigenvalue weighted by molar-refractivity contribution is 7.15. The van der Waals surface area contributed by atoms with Gasteiger partial charge in [0.05, 0.1) is 11.5 Å². The van der Waals surface area contributed by atoms with Crippen molar-refractivity contribution in [3.63, 3.8) is 0 Å². The predicted octanol–water partition coefficient (Wildman–Crippen LogP) is 1.31. The summed E-state index contributed by atoms with van der Waals surface area (Å²) in [5, 5.41) is 8.80. The van der Waals surface area contributed by atoms with Crippen molar-refractivity contribution in [2.24, 2.45) is 0 Å². The van der Waals surface area contributed by atoms with Gasteiger partial charge in [-0.2, -0.15) is 0 Å². The number of hydrogen-bond donors (Lipinski definition) is 1. The molecule has 1 aromatic heterocycles. The number of carboxylic acids is 1. The van der Waals surface area contributed by atoms with Gasteiger partial charge in [-0.15, -0.1) is 11.3 Å². The van der Waals surface area contributed by atoms with E-state index in [1.54, 1.807) is 11.0 Å². The number of aromatic carboxylic acids is 1. The summed E-state index contributed by atoms with van der Waals surface area (Å²) in [6.07, 6.45) is 0.822. The molecule has 0 saturated carbocycles. The van der Waals surface area contributed by atoms with E-state index in [9.17, 15) is 9.59 Å². The fourth-order valence-electron chi connectivity index (χ4n) is 1.67. The Balaban J connectivity index is 2.09. The van der Waals surface area contributed by atoms with Gasteiger partial charge in [0.2, 0.25) is 0 Å². The van der Waals surface area contributed by atoms with E-state index in [1.807, 2.05) is 0 Å². The number of amides is 1. The van der Waals surface area contributed by atoms with Crippen molar-refractivity contribution in [3.05, 3.63) is 21.9 Å². The smallest absolute Gasteiger partial charge is 0.345 e. The second-order valence-electron chi connectivity index (χ2n) is 3.73. The van der Waals surface area contributed by atoms with E-state index in [1.165, 1.54) is 6.07 Å². The van der Waals surface area contributed by atoms with Gasteiger partial charge in [0, 0.05) is 19.7 Å². The lowest BCUT2D eigenvalue weighted by molar-refractivity contribution is 0.0701. The number of carboxylic acid groups (broad SMARTS) is 1. The highest BCUT2D eigenvalue weighted by Crippen LogP contribution is 2.19. The van der Waals surface area contributed by atoms with Crippen molar-refractivity contribution in [3.8, 4) is 0 Å². The van der Waals surface area contributed by atoms with Gasteiger partial charge in [0.15, 0.2) is 0 Å². The van der Waals surface area contributed by atoms with E-state index < -0.39 is 5.97 Å². The monoisotopic (exact) mass is 255 g/mol. The summed E-state index contributed by atoms with van der Waals surface area (Å²) in [6, 6.07) is 3.04. The number of rotatable bonds is 2. The Hall–Kier alpha value is -1.40. The van der Waals surface area contributed by atoms with Crippen LogP contribution in [0, 0.1) is 0 Å². The Bertz CT molecular complexity index is 421. The van der Waals surface area contributed by atoms with E-state index in [0.717, 1.165) is 17.8 Å². The van der Waals surface area contributed by atoms with E-state index in [4.69, 9.17) is 9.84 Å². The molecule has 2 rings (SSSR count). The van der Waals surface area contributed by atoms with Gasteiger partial charge >= 0.3 is 5.97 Å². The highest BCUT2D eigenvalue weighted by Gasteiger charge is 2.20. The lowest BCUT2D eigenvalue weighted by atomic mass is 10.3. The molecule has 6 heteroatoms. The molecule has 1 N–H and O–H groups in total. The maximum atomic E-state index is 12.1. The zero-order chi connectivity index (χ0) is 12.3. The van der Waals surface area contributed by atoms with Crippen LogP contribution in [-0.4, -0.2) is 48.2 Å². The molecule has 0 aromatic carbocycles. The van der Waals surface area contributed by atoms with Crippen LogP contribution < -0.4 is 0 Å². The Morgan fingerprint density at radius 3 is 2.71 bits per heavy atom. The summed E-state index contributed by atoms with van der Waals surface area (Å²) in [5.74, 6) is -1.10. The third kappa shape index (κ3) is 2.83. The van der Waals surface area contributed by atoms with Crippen LogP contribution in [0.25, 0.3) is 0 Å². The van der Waals surface area contributed by atoms with E-state index >= 15 is 0 Å². The molecule has 0 atom stereocenters. The molecule has 92 valence electrons. The van der Waals surface area contributed by atoms with Crippen molar-refractivity contribution < 1.29 is 19.4 Å². The fourth-order valence-corrected chi connectivity index (χ4v) is 2.49. The molecular formula is C11H13NO4S. The number of thiophene rings is 1. The minimum atomic E-state index is -0.992. The van der Waals surface area contributed by atoms with Crippen LogP contribution in [0.3, 0.4) is 0 Å². The standard InChI is InChI=1S/C11H13NO4S/c13-10(12-4-1-6-16-7-5-12)8-2-3-9(17-8)11(14)15/h2-3H,1,4-7H2,(H,14,15). The van der Waals surface area contributed by atoms with Crippen LogP contribution in [0.15, 0.2) is 12.1 Å². The Morgan fingerprint density at radius 2 is 2.00 bits per heavy atom. The van der Waals surface area contributed by atoms with Crippen molar-refractivity contribution in [1.82, 2.24) is 4.90 Å². The minimum Gasteiger partial charge on any atom is -0.477 e. The average molecular weight is 255 g/mol.